The van der Waals surface area contributed by atoms with Crippen molar-refractivity contribution in [2.45, 2.75) is 44.0 Å². The lowest BCUT2D eigenvalue weighted by molar-refractivity contribution is 0.534. The van der Waals surface area contributed by atoms with Crippen LogP contribution in [-0.4, -0.2) is 19.4 Å². The number of hydrogen-bond acceptors (Lipinski definition) is 3. The third-order valence-corrected chi connectivity index (χ3v) is 4.67. The number of halogens is 1. The zero-order valence-corrected chi connectivity index (χ0v) is 13.2. The molecule has 0 spiro atoms. The van der Waals surface area contributed by atoms with Crippen LogP contribution in [0, 0.1) is 5.82 Å². The molecule has 0 aliphatic carbocycles. The third-order valence-electron chi connectivity index (χ3n) is 2.86. The molecule has 3 N–H and O–H groups in total. The Hall–Kier alpha value is -1.05. The van der Waals surface area contributed by atoms with Gasteiger partial charge < -0.3 is 5.73 Å². The molecule has 0 aliphatic rings. The van der Waals surface area contributed by atoms with Crippen LogP contribution >= 0.6 is 12.2 Å². The van der Waals surface area contributed by atoms with E-state index in [0.29, 0.717) is 0 Å². The zero-order chi connectivity index (χ0) is 15.3. The molecule has 0 aromatic heterocycles. The Morgan fingerprint density at radius 2 is 2.15 bits per heavy atom. The van der Waals surface area contributed by atoms with Crippen molar-refractivity contribution in [1.82, 2.24) is 4.72 Å². The van der Waals surface area contributed by atoms with E-state index in [0.717, 1.165) is 31.4 Å². The lowest BCUT2D eigenvalue weighted by atomic mass is 10.2. The summed E-state index contributed by atoms with van der Waals surface area (Å²) in [6.07, 6.45) is 2.68. The summed E-state index contributed by atoms with van der Waals surface area (Å²) in [5, 5.41) is 0. The lowest BCUT2D eigenvalue weighted by Gasteiger charge is -2.14. The van der Waals surface area contributed by atoms with Crippen molar-refractivity contribution in [3.05, 3.63) is 29.6 Å². The Morgan fingerprint density at radius 3 is 2.70 bits per heavy atom. The fraction of sp³-hybridized carbons (Fsp3) is 0.462. The molecule has 7 heteroatoms. The second-order valence-corrected chi connectivity index (χ2v) is 6.82. The molecule has 0 saturated carbocycles. The number of sulfonamides is 1. The normalized spacial score (nSPS) is 13.2. The quantitative estimate of drug-likeness (QED) is 0.757. The number of thiocarbonyl (C=S) groups is 1. The Kier molecular flexibility index (Phi) is 6.04. The molecule has 20 heavy (non-hydrogen) atoms. The topological polar surface area (TPSA) is 72.2 Å². The van der Waals surface area contributed by atoms with Crippen LogP contribution in [0.4, 0.5) is 4.39 Å². The first kappa shape index (κ1) is 17.0. The van der Waals surface area contributed by atoms with Crippen molar-refractivity contribution in [2.75, 3.05) is 0 Å². The van der Waals surface area contributed by atoms with Crippen LogP contribution in [0.3, 0.4) is 0 Å². The summed E-state index contributed by atoms with van der Waals surface area (Å²) >= 11 is 4.70. The van der Waals surface area contributed by atoms with E-state index < -0.39 is 15.8 Å². The molecule has 0 bridgehead atoms. The maximum absolute atomic E-state index is 13.5. The number of nitrogens with two attached hydrogens (primary N) is 1. The zero-order valence-electron chi connectivity index (χ0n) is 11.5. The van der Waals surface area contributed by atoms with Crippen LogP contribution in [0.15, 0.2) is 23.1 Å². The van der Waals surface area contributed by atoms with Gasteiger partial charge in [0.15, 0.2) is 0 Å². The molecule has 4 nitrogen and oxygen atoms in total. The van der Waals surface area contributed by atoms with Crippen molar-refractivity contribution in [2.24, 2.45) is 5.73 Å². The highest BCUT2D eigenvalue weighted by atomic mass is 32.2. The monoisotopic (exact) mass is 318 g/mol. The fourth-order valence-corrected chi connectivity index (χ4v) is 3.22. The standard InChI is InChI=1S/C13H19FN2O2S2/c1-3-4-5-9(2)16-20(17,18)10-6-7-12(14)11(8-10)13(15)19/h6-9,16H,3-5H2,1-2H3,(H2,15,19). The van der Waals surface area contributed by atoms with Gasteiger partial charge in [-0.3, -0.25) is 0 Å². The smallest absolute Gasteiger partial charge is 0.240 e. The van der Waals surface area contributed by atoms with Crippen LogP contribution in [0.1, 0.15) is 38.7 Å². The second-order valence-electron chi connectivity index (χ2n) is 4.67. The number of nitrogens with one attached hydrogen (secondary N) is 1. The largest absolute Gasteiger partial charge is 0.389 e. The third kappa shape index (κ3) is 4.50. The minimum atomic E-state index is -3.69. The summed E-state index contributed by atoms with van der Waals surface area (Å²) in [5.74, 6) is -0.629. The SMILES string of the molecule is CCCCC(C)NS(=O)(=O)c1ccc(F)c(C(N)=S)c1. The predicted molar refractivity (Wildman–Crippen MR) is 81.6 cm³/mol. The molecule has 0 heterocycles. The van der Waals surface area contributed by atoms with Gasteiger partial charge in [0.1, 0.15) is 10.8 Å². The summed E-state index contributed by atoms with van der Waals surface area (Å²) in [7, 11) is -3.69. The highest BCUT2D eigenvalue weighted by Gasteiger charge is 2.19. The molecule has 0 amide bonds. The van der Waals surface area contributed by atoms with Gasteiger partial charge in [-0.1, -0.05) is 32.0 Å². The number of unbranched alkanes of at least 4 members (excludes halogenated alkanes) is 1. The molecule has 1 atom stereocenters. The minimum Gasteiger partial charge on any atom is -0.389 e. The Labute approximate surface area is 124 Å². The highest BCUT2D eigenvalue weighted by Crippen LogP contribution is 2.16. The van der Waals surface area contributed by atoms with Crippen molar-refractivity contribution < 1.29 is 12.8 Å². The minimum absolute atomic E-state index is 0.0370. The summed E-state index contributed by atoms with van der Waals surface area (Å²) < 4.78 is 40.4. The molecule has 1 unspecified atom stereocenters. The molecule has 1 rings (SSSR count). The molecule has 0 fully saturated rings. The van der Waals surface area contributed by atoms with Crippen LogP contribution in [0.5, 0.6) is 0 Å². The summed E-state index contributed by atoms with van der Waals surface area (Å²) in [6, 6.07) is 3.23. The summed E-state index contributed by atoms with van der Waals surface area (Å²) in [4.78, 5) is -0.205. The van der Waals surface area contributed by atoms with Crippen LogP contribution in [-0.2, 0) is 10.0 Å². The van der Waals surface area contributed by atoms with Gasteiger partial charge in [-0.2, -0.15) is 0 Å². The fourth-order valence-electron chi connectivity index (χ4n) is 1.76. The molecule has 1 aromatic carbocycles. The number of hydrogen-bond donors (Lipinski definition) is 2. The average molecular weight is 318 g/mol. The Morgan fingerprint density at radius 1 is 1.50 bits per heavy atom. The molecule has 1 aromatic rings. The molecule has 0 saturated heterocycles. The maximum atomic E-state index is 13.5. The molecular formula is C13H19FN2O2S2. The number of benzene rings is 1. The maximum Gasteiger partial charge on any atom is 0.240 e. The average Bonchev–Trinajstić information content (AvgIpc) is 2.35. The number of rotatable bonds is 7. The molecule has 0 radical (unpaired) electrons. The van der Waals surface area contributed by atoms with Gasteiger partial charge in [0.2, 0.25) is 10.0 Å². The van der Waals surface area contributed by atoms with Crippen LogP contribution in [0.25, 0.3) is 0 Å². The van der Waals surface area contributed by atoms with E-state index in [1.165, 1.54) is 6.07 Å². The van der Waals surface area contributed by atoms with Gasteiger partial charge in [0.25, 0.3) is 0 Å². The molecule has 0 aliphatic heterocycles. The lowest BCUT2D eigenvalue weighted by Crippen LogP contribution is -2.32. The first-order valence-electron chi connectivity index (χ1n) is 6.39. The Balaban J connectivity index is 2.98. The molecule has 112 valence electrons. The van der Waals surface area contributed by atoms with Gasteiger partial charge in [0, 0.05) is 11.6 Å². The van der Waals surface area contributed by atoms with Crippen molar-refractivity contribution in [1.29, 1.82) is 0 Å². The van der Waals surface area contributed by atoms with Crippen molar-refractivity contribution in [3.63, 3.8) is 0 Å². The van der Waals surface area contributed by atoms with Gasteiger partial charge in [0.05, 0.1) is 4.90 Å². The summed E-state index contributed by atoms with van der Waals surface area (Å²) in [5.41, 5.74) is 5.30. The van der Waals surface area contributed by atoms with Gasteiger partial charge >= 0.3 is 0 Å². The summed E-state index contributed by atoms with van der Waals surface area (Å²) in [6.45, 7) is 3.83. The van der Waals surface area contributed by atoms with E-state index >= 15 is 0 Å². The first-order valence-corrected chi connectivity index (χ1v) is 8.28. The molecular weight excluding hydrogens is 299 g/mol. The van der Waals surface area contributed by atoms with Gasteiger partial charge in [-0.05, 0) is 31.5 Å². The second kappa shape index (κ2) is 7.10. The van der Waals surface area contributed by atoms with Crippen LogP contribution in [0.2, 0.25) is 0 Å². The first-order chi connectivity index (χ1) is 9.27. The Bertz CT molecular complexity index is 588. The van der Waals surface area contributed by atoms with Crippen molar-refractivity contribution >= 4 is 27.2 Å². The highest BCUT2D eigenvalue weighted by molar-refractivity contribution is 7.89. The predicted octanol–water partition coefficient (Wildman–Crippen LogP) is 2.32. The van der Waals surface area contributed by atoms with E-state index in [-0.39, 0.29) is 21.5 Å². The van der Waals surface area contributed by atoms with Crippen LogP contribution < -0.4 is 10.5 Å². The van der Waals surface area contributed by atoms with E-state index in [1.54, 1.807) is 6.92 Å². The van der Waals surface area contributed by atoms with Gasteiger partial charge in [-0.15, -0.1) is 0 Å². The van der Waals surface area contributed by atoms with E-state index in [4.69, 9.17) is 18.0 Å². The van der Waals surface area contributed by atoms with Gasteiger partial charge in [-0.25, -0.2) is 17.5 Å². The van der Waals surface area contributed by atoms with Crippen molar-refractivity contribution in [3.8, 4) is 0 Å². The van der Waals surface area contributed by atoms with E-state index in [2.05, 4.69) is 4.72 Å². The van der Waals surface area contributed by atoms with E-state index in [9.17, 15) is 12.8 Å². The van der Waals surface area contributed by atoms with E-state index in [1.807, 2.05) is 6.92 Å².